The number of amides is 2. The van der Waals surface area contributed by atoms with Gasteiger partial charge in [0.15, 0.2) is 0 Å². The molecule has 1 heterocycles. The number of halogens is 2. The zero-order valence-corrected chi connectivity index (χ0v) is 12.4. The number of benzene rings is 1. The van der Waals surface area contributed by atoms with Gasteiger partial charge in [0.05, 0.1) is 4.47 Å². The topological polar surface area (TPSA) is 69.6 Å². The van der Waals surface area contributed by atoms with Gasteiger partial charge in [0.2, 0.25) is 0 Å². The summed E-state index contributed by atoms with van der Waals surface area (Å²) in [6, 6.07) is 1.50. The van der Waals surface area contributed by atoms with Crippen LogP contribution in [0.15, 0.2) is 16.6 Å². The second-order valence-corrected chi connectivity index (χ2v) is 5.56. The van der Waals surface area contributed by atoms with Crippen LogP contribution in [0.4, 0.5) is 14.9 Å². The average Bonchev–Trinajstić information content (AvgIpc) is 2.85. The fourth-order valence-corrected chi connectivity index (χ4v) is 2.58. The number of nitrogens with zero attached hydrogens (tertiary/aromatic N) is 1. The van der Waals surface area contributed by atoms with Gasteiger partial charge in [0, 0.05) is 12.2 Å². The predicted octanol–water partition coefficient (Wildman–Crippen LogP) is 2.98. The molecule has 2 N–H and O–H groups in total. The molecule has 1 saturated heterocycles. The summed E-state index contributed by atoms with van der Waals surface area (Å²) < 4.78 is 13.6. The summed E-state index contributed by atoms with van der Waals surface area (Å²) in [4.78, 5) is 24.5. The van der Waals surface area contributed by atoms with Crippen molar-refractivity contribution in [2.75, 3.05) is 11.9 Å². The minimum Gasteiger partial charge on any atom is -0.480 e. The fourth-order valence-electron chi connectivity index (χ4n) is 2.23. The third-order valence-electron chi connectivity index (χ3n) is 3.31. The van der Waals surface area contributed by atoms with Gasteiger partial charge in [-0.1, -0.05) is 0 Å². The number of hydrogen-bond donors (Lipinski definition) is 2. The number of carboxylic acid groups (broad SMARTS) is 1. The van der Waals surface area contributed by atoms with E-state index in [9.17, 15) is 14.0 Å². The number of urea groups is 1. The number of aryl methyl sites for hydroxylation is 1. The van der Waals surface area contributed by atoms with E-state index in [0.717, 1.165) is 0 Å². The first-order chi connectivity index (χ1) is 9.40. The highest BCUT2D eigenvalue weighted by atomic mass is 79.9. The van der Waals surface area contributed by atoms with Crippen LogP contribution in [0.25, 0.3) is 0 Å². The summed E-state index contributed by atoms with van der Waals surface area (Å²) >= 11 is 3.05. The van der Waals surface area contributed by atoms with Crippen molar-refractivity contribution >= 4 is 33.6 Å². The molecule has 0 aliphatic carbocycles. The average molecular weight is 345 g/mol. The third kappa shape index (κ3) is 2.92. The van der Waals surface area contributed by atoms with Crippen molar-refractivity contribution in [2.45, 2.75) is 25.8 Å². The molecule has 7 heteroatoms. The van der Waals surface area contributed by atoms with Crippen molar-refractivity contribution in [3.05, 3.63) is 28.0 Å². The lowest BCUT2D eigenvalue weighted by atomic mass is 10.2. The van der Waals surface area contributed by atoms with Crippen molar-refractivity contribution in [1.82, 2.24) is 4.90 Å². The molecule has 5 nitrogen and oxygen atoms in total. The second-order valence-electron chi connectivity index (χ2n) is 4.70. The molecule has 20 heavy (non-hydrogen) atoms. The van der Waals surface area contributed by atoms with Crippen LogP contribution < -0.4 is 5.32 Å². The summed E-state index contributed by atoms with van der Waals surface area (Å²) in [7, 11) is 0. The monoisotopic (exact) mass is 344 g/mol. The molecular formula is C13H14BrFN2O3. The van der Waals surface area contributed by atoms with E-state index in [1.807, 2.05) is 0 Å². The maximum atomic E-state index is 13.3. The lowest BCUT2D eigenvalue weighted by Crippen LogP contribution is -2.42. The lowest BCUT2D eigenvalue weighted by molar-refractivity contribution is -0.141. The van der Waals surface area contributed by atoms with Crippen LogP contribution in [-0.2, 0) is 4.79 Å². The molecule has 1 fully saturated rings. The van der Waals surface area contributed by atoms with Crippen LogP contribution in [0.3, 0.4) is 0 Å². The summed E-state index contributed by atoms with van der Waals surface area (Å²) in [5.74, 6) is -1.42. The van der Waals surface area contributed by atoms with Crippen LogP contribution in [0.5, 0.6) is 0 Å². The maximum Gasteiger partial charge on any atom is 0.326 e. The number of aliphatic carboxylic acids is 1. The Hall–Kier alpha value is -1.63. The number of likely N-dealkylation sites (tertiary alicyclic amines) is 1. The predicted molar refractivity (Wildman–Crippen MR) is 75.2 cm³/mol. The summed E-state index contributed by atoms with van der Waals surface area (Å²) in [6.45, 7) is 2.08. The van der Waals surface area contributed by atoms with E-state index in [1.54, 1.807) is 6.92 Å². The number of carboxylic acids is 1. The number of hydrogen-bond acceptors (Lipinski definition) is 2. The Kier molecular flexibility index (Phi) is 4.27. The Labute approximate surface area is 123 Å². The largest absolute Gasteiger partial charge is 0.480 e. The van der Waals surface area contributed by atoms with Gasteiger partial charge in [0.1, 0.15) is 11.9 Å². The Morgan fingerprint density at radius 2 is 2.20 bits per heavy atom. The Balaban J connectivity index is 2.16. The van der Waals surface area contributed by atoms with Crippen LogP contribution in [-0.4, -0.2) is 34.6 Å². The molecule has 1 aromatic rings. The smallest absolute Gasteiger partial charge is 0.326 e. The minimum atomic E-state index is -1.00. The molecule has 0 spiro atoms. The highest BCUT2D eigenvalue weighted by molar-refractivity contribution is 9.10. The summed E-state index contributed by atoms with van der Waals surface area (Å²) in [5.41, 5.74) is 1.03. The normalized spacial score (nSPS) is 18.1. The van der Waals surface area contributed by atoms with Crippen molar-refractivity contribution < 1.29 is 19.1 Å². The Morgan fingerprint density at radius 1 is 1.50 bits per heavy atom. The molecule has 0 bridgehead atoms. The molecule has 2 amide bonds. The second kappa shape index (κ2) is 5.78. The van der Waals surface area contributed by atoms with E-state index >= 15 is 0 Å². The van der Waals surface area contributed by atoms with Gasteiger partial charge in [-0.2, -0.15) is 0 Å². The van der Waals surface area contributed by atoms with Crippen molar-refractivity contribution in [1.29, 1.82) is 0 Å². The van der Waals surface area contributed by atoms with Crippen molar-refractivity contribution in [2.24, 2.45) is 0 Å². The number of carbonyl (C=O) groups excluding carboxylic acids is 1. The van der Waals surface area contributed by atoms with Gasteiger partial charge in [-0.3, -0.25) is 0 Å². The summed E-state index contributed by atoms with van der Waals surface area (Å²) in [6.07, 6.45) is 1.12. The molecule has 2 rings (SSSR count). The highest BCUT2D eigenvalue weighted by Gasteiger charge is 2.34. The zero-order chi connectivity index (χ0) is 14.9. The molecule has 1 atom stereocenters. The quantitative estimate of drug-likeness (QED) is 0.866. The van der Waals surface area contributed by atoms with Gasteiger partial charge in [0.25, 0.3) is 0 Å². The van der Waals surface area contributed by atoms with Crippen LogP contribution >= 0.6 is 15.9 Å². The maximum absolute atomic E-state index is 13.3. The number of nitrogens with one attached hydrogen (secondary N) is 1. The van der Waals surface area contributed by atoms with Gasteiger partial charge < -0.3 is 15.3 Å². The summed E-state index contributed by atoms with van der Waals surface area (Å²) in [5, 5.41) is 11.7. The molecule has 0 radical (unpaired) electrons. The first kappa shape index (κ1) is 14.8. The molecule has 1 unspecified atom stereocenters. The Bertz CT molecular complexity index is 565. The van der Waals surface area contributed by atoms with E-state index in [-0.39, 0.29) is 4.47 Å². The molecule has 1 aliphatic heterocycles. The molecular weight excluding hydrogens is 331 g/mol. The minimum absolute atomic E-state index is 0.245. The van der Waals surface area contributed by atoms with Crippen LogP contribution in [0.2, 0.25) is 0 Å². The first-order valence-corrected chi connectivity index (χ1v) is 6.95. The van der Waals surface area contributed by atoms with E-state index < -0.39 is 23.9 Å². The van der Waals surface area contributed by atoms with E-state index in [2.05, 4.69) is 21.2 Å². The van der Waals surface area contributed by atoms with Crippen molar-refractivity contribution in [3.8, 4) is 0 Å². The van der Waals surface area contributed by atoms with Gasteiger partial charge in [-0.15, -0.1) is 0 Å². The van der Waals surface area contributed by atoms with Crippen LogP contribution in [0.1, 0.15) is 18.4 Å². The molecule has 1 aliphatic rings. The highest BCUT2D eigenvalue weighted by Crippen LogP contribution is 2.25. The van der Waals surface area contributed by atoms with E-state index in [1.165, 1.54) is 17.0 Å². The number of carbonyl (C=O) groups is 2. The van der Waals surface area contributed by atoms with Gasteiger partial charge >= 0.3 is 12.0 Å². The standard InChI is InChI=1S/C13H14BrFN2O3/c1-7-5-9(15)8(14)6-10(7)16-13(20)17-4-2-3-11(17)12(18)19/h5-6,11H,2-4H2,1H3,(H,16,20)(H,18,19). The molecule has 1 aromatic carbocycles. The molecule has 108 valence electrons. The van der Waals surface area contributed by atoms with Crippen LogP contribution in [0, 0.1) is 12.7 Å². The van der Waals surface area contributed by atoms with E-state index in [0.29, 0.717) is 30.6 Å². The number of rotatable bonds is 2. The zero-order valence-electron chi connectivity index (χ0n) is 10.8. The lowest BCUT2D eigenvalue weighted by Gasteiger charge is -2.22. The number of anilines is 1. The van der Waals surface area contributed by atoms with Crippen molar-refractivity contribution in [3.63, 3.8) is 0 Å². The third-order valence-corrected chi connectivity index (χ3v) is 3.92. The molecule has 0 saturated carbocycles. The molecule has 0 aromatic heterocycles. The van der Waals surface area contributed by atoms with Gasteiger partial charge in [-0.25, -0.2) is 14.0 Å². The van der Waals surface area contributed by atoms with Gasteiger partial charge in [-0.05, 0) is 53.4 Å². The fraction of sp³-hybridized carbons (Fsp3) is 0.385. The SMILES string of the molecule is Cc1cc(F)c(Br)cc1NC(=O)N1CCCC1C(=O)O. The Morgan fingerprint density at radius 3 is 2.85 bits per heavy atom. The first-order valence-electron chi connectivity index (χ1n) is 6.16. The van der Waals surface area contributed by atoms with E-state index in [4.69, 9.17) is 5.11 Å².